The van der Waals surface area contributed by atoms with Gasteiger partial charge in [0.25, 0.3) is 11.8 Å². The van der Waals surface area contributed by atoms with Crippen LogP contribution in [0.25, 0.3) is 11.4 Å². The van der Waals surface area contributed by atoms with E-state index in [-0.39, 0.29) is 28.9 Å². The smallest absolute Gasteiger partial charge is 0.277 e. The Hall–Kier alpha value is -4.84. The molecular weight excluding hydrogens is 524 g/mol. The molecule has 0 aliphatic carbocycles. The van der Waals surface area contributed by atoms with Crippen molar-refractivity contribution in [2.45, 2.75) is 33.1 Å². The van der Waals surface area contributed by atoms with Gasteiger partial charge in [-0.1, -0.05) is 38.1 Å². The first kappa shape index (κ1) is 27.7. The van der Waals surface area contributed by atoms with Gasteiger partial charge in [0.1, 0.15) is 5.76 Å². The molecule has 0 saturated carbocycles. The average Bonchev–Trinajstić information content (AvgIpc) is 3.46. The number of carbonyl (C=O) groups excluding carboxylic acids is 2. The zero-order chi connectivity index (χ0) is 29.1. The molecule has 4 N–H and O–H groups in total. The van der Waals surface area contributed by atoms with E-state index in [0.29, 0.717) is 60.4 Å². The SMILES string of the molecule is Cc1c(NC(=O)c2cc(C(C)(C)C)on2)cccc1-c1nc(N)nc(Nc2ccc(C(=O)N3CCOCC3)cc2)n1. The lowest BCUT2D eigenvalue weighted by atomic mass is 9.93. The van der Waals surface area contributed by atoms with Crippen molar-refractivity contribution in [1.29, 1.82) is 0 Å². The van der Waals surface area contributed by atoms with Crippen molar-refractivity contribution >= 4 is 35.1 Å². The maximum atomic E-state index is 12.9. The fraction of sp³-hybridized carbons (Fsp3) is 0.310. The lowest BCUT2D eigenvalue weighted by molar-refractivity contribution is 0.0303. The molecular formula is C29H32N8O4. The van der Waals surface area contributed by atoms with Crippen LogP contribution in [-0.4, -0.2) is 63.1 Å². The van der Waals surface area contributed by atoms with E-state index in [1.807, 2.05) is 33.8 Å². The quantitative estimate of drug-likeness (QED) is 0.314. The Balaban J connectivity index is 1.33. The molecule has 2 aromatic carbocycles. The molecule has 1 fully saturated rings. The third-order valence-corrected chi connectivity index (χ3v) is 6.64. The Labute approximate surface area is 237 Å². The van der Waals surface area contributed by atoms with E-state index >= 15 is 0 Å². The van der Waals surface area contributed by atoms with Gasteiger partial charge in [0.2, 0.25) is 11.9 Å². The Morgan fingerprint density at radius 2 is 1.73 bits per heavy atom. The summed E-state index contributed by atoms with van der Waals surface area (Å²) in [6, 6.07) is 14.1. The van der Waals surface area contributed by atoms with Crippen molar-refractivity contribution in [3.63, 3.8) is 0 Å². The predicted molar refractivity (Wildman–Crippen MR) is 154 cm³/mol. The number of nitrogens with zero attached hydrogens (tertiary/aromatic N) is 5. The zero-order valence-corrected chi connectivity index (χ0v) is 23.4. The van der Waals surface area contributed by atoms with Gasteiger partial charge in [-0.3, -0.25) is 9.59 Å². The standard InChI is InChI=1S/C29H32N8O4/c1-17-20(6-5-7-21(17)32-25(38)22-16-23(41-36-22)29(2,3)4)24-33-27(30)35-28(34-24)31-19-10-8-18(9-11-19)26(39)37-12-14-40-15-13-37/h5-11,16H,12-15H2,1-4H3,(H,32,38)(H3,30,31,33,34,35). The minimum absolute atomic E-state index is 0.0303. The molecule has 1 saturated heterocycles. The molecule has 0 atom stereocenters. The van der Waals surface area contributed by atoms with Crippen molar-refractivity contribution in [2.24, 2.45) is 0 Å². The van der Waals surface area contributed by atoms with Crippen LogP contribution in [0.15, 0.2) is 53.1 Å². The van der Waals surface area contributed by atoms with E-state index in [9.17, 15) is 9.59 Å². The van der Waals surface area contributed by atoms with E-state index < -0.39 is 5.91 Å². The van der Waals surface area contributed by atoms with Gasteiger partial charge in [0.05, 0.1) is 13.2 Å². The summed E-state index contributed by atoms with van der Waals surface area (Å²) in [5, 5.41) is 9.94. The van der Waals surface area contributed by atoms with Gasteiger partial charge < -0.3 is 30.5 Å². The molecule has 0 unspecified atom stereocenters. The number of aromatic nitrogens is 4. The first-order valence-corrected chi connectivity index (χ1v) is 13.2. The maximum Gasteiger partial charge on any atom is 0.277 e. The van der Waals surface area contributed by atoms with Crippen LogP contribution in [0.5, 0.6) is 0 Å². The Bertz CT molecular complexity index is 1570. The largest absolute Gasteiger partial charge is 0.378 e. The van der Waals surface area contributed by atoms with E-state index in [1.165, 1.54) is 0 Å². The molecule has 0 spiro atoms. The number of ether oxygens (including phenoxy) is 1. The fourth-order valence-electron chi connectivity index (χ4n) is 4.28. The number of nitrogen functional groups attached to an aromatic ring is 1. The molecule has 1 aliphatic rings. The number of nitrogens with two attached hydrogens (primary N) is 1. The average molecular weight is 557 g/mol. The number of hydrogen-bond acceptors (Lipinski definition) is 10. The molecule has 12 nitrogen and oxygen atoms in total. The van der Waals surface area contributed by atoms with E-state index in [4.69, 9.17) is 15.0 Å². The number of benzene rings is 2. The van der Waals surface area contributed by atoms with E-state index in [2.05, 4.69) is 30.7 Å². The Morgan fingerprint density at radius 3 is 2.41 bits per heavy atom. The predicted octanol–water partition coefficient (Wildman–Crippen LogP) is 4.18. The van der Waals surface area contributed by atoms with Gasteiger partial charge in [0, 0.05) is 47.1 Å². The molecule has 3 heterocycles. The maximum absolute atomic E-state index is 12.9. The second-order valence-corrected chi connectivity index (χ2v) is 10.7. The summed E-state index contributed by atoms with van der Waals surface area (Å²) in [5.41, 5.74) is 9.19. The summed E-state index contributed by atoms with van der Waals surface area (Å²) in [4.78, 5) is 40.5. The summed E-state index contributed by atoms with van der Waals surface area (Å²) < 4.78 is 10.7. The molecule has 2 amide bonds. The third-order valence-electron chi connectivity index (χ3n) is 6.64. The molecule has 1 aliphatic heterocycles. The molecule has 2 aromatic heterocycles. The normalized spacial score (nSPS) is 13.6. The summed E-state index contributed by atoms with van der Waals surface area (Å²) in [7, 11) is 0. The Kier molecular flexibility index (Phi) is 7.66. The van der Waals surface area contributed by atoms with Gasteiger partial charge in [-0.25, -0.2) is 0 Å². The highest BCUT2D eigenvalue weighted by Crippen LogP contribution is 2.29. The minimum atomic E-state index is -0.391. The monoisotopic (exact) mass is 556 g/mol. The zero-order valence-electron chi connectivity index (χ0n) is 23.4. The van der Waals surface area contributed by atoms with Crippen molar-refractivity contribution in [3.05, 3.63) is 71.1 Å². The van der Waals surface area contributed by atoms with Gasteiger partial charge in [-0.15, -0.1) is 0 Å². The second-order valence-electron chi connectivity index (χ2n) is 10.7. The molecule has 4 aromatic rings. The van der Waals surface area contributed by atoms with Crippen molar-refractivity contribution in [2.75, 3.05) is 42.7 Å². The molecule has 0 radical (unpaired) electrons. The van der Waals surface area contributed by atoms with E-state index in [1.54, 1.807) is 47.4 Å². The van der Waals surface area contributed by atoms with Crippen LogP contribution in [0.4, 0.5) is 23.3 Å². The van der Waals surface area contributed by atoms with Gasteiger partial charge in [0.15, 0.2) is 11.5 Å². The van der Waals surface area contributed by atoms with Crippen molar-refractivity contribution in [1.82, 2.24) is 25.0 Å². The Morgan fingerprint density at radius 1 is 1.00 bits per heavy atom. The lowest BCUT2D eigenvalue weighted by Crippen LogP contribution is -2.40. The number of anilines is 4. The van der Waals surface area contributed by atoms with Crippen LogP contribution in [0, 0.1) is 6.92 Å². The lowest BCUT2D eigenvalue weighted by Gasteiger charge is -2.26. The highest BCUT2D eigenvalue weighted by molar-refractivity contribution is 6.03. The molecule has 41 heavy (non-hydrogen) atoms. The van der Waals surface area contributed by atoms with Crippen molar-refractivity contribution in [3.8, 4) is 11.4 Å². The van der Waals surface area contributed by atoms with Crippen LogP contribution in [-0.2, 0) is 10.2 Å². The van der Waals surface area contributed by atoms with Crippen LogP contribution >= 0.6 is 0 Å². The number of amides is 2. The summed E-state index contributed by atoms with van der Waals surface area (Å²) in [6.45, 7) is 10.0. The summed E-state index contributed by atoms with van der Waals surface area (Å²) >= 11 is 0. The topological polar surface area (TPSA) is 161 Å². The van der Waals surface area contributed by atoms with Gasteiger partial charge in [-0.05, 0) is 42.8 Å². The molecule has 0 bridgehead atoms. The first-order valence-electron chi connectivity index (χ1n) is 13.2. The first-order chi connectivity index (χ1) is 19.6. The molecule has 5 rings (SSSR count). The van der Waals surface area contributed by atoms with Crippen molar-refractivity contribution < 1.29 is 18.8 Å². The highest BCUT2D eigenvalue weighted by atomic mass is 16.5. The van der Waals surface area contributed by atoms with Gasteiger partial charge in [-0.2, -0.15) is 15.0 Å². The van der Waals surface area contributed by atoms with Gasteiger partial charge >= 0.3 is 0 Å². The third kappa shape index (κ3) is 6.33. The van der Waals surface area contributed by atoms with Crippen LogP contribution < -0.4 is 16.4 Å². The highest BCUT2D eigenvalue weighted by Gasteiger charge is 2.23. The summed E-state index contributed by atoms with van der Waals surface area (Å²) in [6.07, 6.45) is 0. The number of rotatable bonds is 6. The molecule has 212 valence electrons. The van der Waals surface area contributed by atoms with Crippen LogP contribution in [0.1, 0.15) is 52.9 Å². The minimum Gasteiger partial charge on any atom is -0.378 e. The fourth-order valence-corrected chi connectivity index (χ4v) is 4.28. The number of hydrogen-bond donors (Lipinski definition) is 3. The van der Waals surface area contributed by atoms with E-state index in [0.717, 1.165) is 5.56 Å². The second kappa shape index (κ2) is 11.3. The number of nitrogens with one attached hydrogen (secondary N) is 2. The summed E-state index contributed by atoms with van der Waals surface area (Å²) in [5.74, 6) is 0.801. The van der Waals surface area contributed by atoms with Crippen LogP contribution in [0.2, 0.25) is 0 Å². The van der Waals surface area contributed by atoms with Crippen LogP contribution in [0.3, 0.4) is 0 Å². The molecule has 12 heteroatoms. The number of morpholine rings is 1. The number of carbonyl (C=O) groups is 2.